The van der Waals surface area contributed by atoms with Gasteiger partial charge < -0.3 is 10.0 Å². The molecule has 0 fully saturated rings. The summed E-state index contributed by atoms with van der Waals surface area (Å²) in [5, 5.41) is 20.7. The number of rotatable bonds is 6. The second-order valence-corrected chi connectivity index (χ2v) is 5.72. The largest absolute Gasteiger partial charge is 0.389 e. The van der Waals surface area contributed by atoms with E-state index in [1.807, 2.05) is 6.92 Å². The van der Waals surface area contributed by atoms with Crippen molar-refractivity contribution in [1.29, 1.82) is 0 Å². The zero-order valence-electron chi connectivity index (χ0n) is 12.9. The Labute approximate surface area is 124 Å². The highest BCUT2D eigenvalue weighted by Gasteiger charge is 2.22. The second-order valence-electron chi connectivity index (χ2n) is 5.72. The normalized spacial score (nSPS) is 11.3. The molecular formula is C15H22N2O4. The SMILES string of the molecule is CCN(CC(C)(C)O)C(=O)Cc1cccc([N+](=O)[O-])c1C. The van der Waals surface area contributed by atoms with E-state index in [2.05, 4.69) is 0 Å². The Morgan fingerprint density at radius 2 is 2.05 bits per heavy atom. The monoisotopic (exact) mass is 294 g/mol. The Morgan fingerprint density at radius 1 is 1.43 bits per heavy atom. The summed E-state index contributed by atoms with van der Waals surface area (Å²) in [4.78, 5) is 24.3. The van der Waals surface area contributed by atoms with E-state index in [-0.39, 0.29) is 24.6 Å². The fourth-order valence-electron chi connectivity index (χ4n) is 2.18. The van der Waals surface area contributed by atoms with Gasteiger partial charge in [-0.2, -0.15) is 0 Å². The summed E-state index contributed by atoms with van der Waals surface area (Å²) in [5.74, 6) is -0.150. The molecule has 0 heterocycles. The number of hydrogen-bond donors (Lipinski definition) is 1. The van der Waals surface area contributed by atoms with Crippen LogP contribution in [-0.2, 0) is 11.2 Å². The molecule has 116 valence electrons. The third-order valence-electron chi connectivity index (χ3n) is 3.27. The lowest BCUT2D eigenvalue weighted by Gasteiger charge is -2.28. The zero-order chi connectivity index (χ0) is 16.2. The molecule has 0 bridgehead atoms. The summed E-state index contributed by atoms with van der Waals surface area (Å²) in [6.45, 7) is 7.48. The number of nitro groups is 1. The second kappa shape index (κ2) is 6.67. The van der Waals surface area contributed by atoms with Gasteiger partial charge in [0.05, 0.1) is 16.9 Å². The van der Waals surface area contributed by atoms with Crippen LogP contribution in [0.15, 0.2) is 18.2 Å². The lowest BCUT2D eigenvalue weighted by Crippen LogP contribution is -2.42. The quantitative estimate of drug-likeness (QED) is 0.643. The molecule has 1 amide bonds. The fourth-order valence-corrected chi connectivity index (χ4v) is 2.18. The molecule has 6 nitrogen and oxygen atoms in total. The predicted molar refractivity (Wildman–Crippen MR) is 80.1 cm³/mol. The molecule has 6 heteroatoms. The van der Waals surface area contributed by atoms with Gasteiger partial charge in [-0.25, -0.2) is 0 Å². The van der Waals surface area contributed by atoms with Crippen LogP contribution in [-0.4, -0.2) is 39.5 Å². The predicted octanol–water partition coefficient (Wildman–Crippen LogP) is 2.07. The van der Waals surface area contributed by atoms with Crippen molar-refractivity contribution in [2.45, 2.75) is 39.7 Å². The Morgan fingerprint density at radius 3 is 2.52 bits per heavy atom. The highest BCUT2D eigenvalue weighted by Crippen LogP contribution is 2.22. The average molecular weight is 294 g/mol. The lowest BCUT2D eigenvalue weighted by atomic mass is 10.0. The first-order valence-corrected chi connectivity index (χ1v) is 6.88. The summed E-state index contributed by atoms with van der Waals surface area (Å²) in [6, 6.07) is 4.73. The molecule has 1 rings (SSSR count). The molecule has 0 atom stereocenters. The Balaban J connectivity index is 2.92. The minimum Gasteiger partial charge on any atom is -0.389 e. The smallest absolute Gasteiger partial charge is 0.272 e. The zero-order valence-corrected chi connectivity index (χ0v) is 12.9. The number of nitro benzene ring substituents is 1. The molecule has 0 unspecified atom stereocenters. The number of aliphatic hydroxyl groups is 1. The molecule has 0 aliphatic heterocycles. The van der Waals surface area contributed by atoms with E-state index >= 15 is 0 Å². The maximum absolute atomic E-state index is 12.3. The first kappa shape index (κ1) is 17.1. The highest BCUT2D eigenvalue weighted by atomic mass is 16.6. The van der Waals surface area contributed by atoms with Crippen LogP contribution in [0.3, 0.4) is 0 Å². The third-order valence-corrected chi connectivity index (χ3v) is 3.27. The summed E-state index contributed by atoms with van der Waals surface area (Å²) >= 11 is 0. The molecule has 0 aliphatic carbocycles. The lowest BCUT2D eigenvalue weighted by molar-refractivity contribution is -0.385. The van der Waals surface area contributed by atoms with E-state index in [0.29, 0.717) is 17.7 Å². The van der Waals surface area contributed by atoms with Crippen molar-refractivity contribution >= 4 is 11.6 Å². The average Bonchev–Trinajstić information content (AvgIpc) is 2.36. The van der Waals surface area contributed by atoms with Crippen molar-refractivity contribution < 1.29 is 14.8 Å². The summed E-state index contributed by atoms with van der Waals surface area (Å²) in [6.07, 6.45) is 0.0947. The van der Waals surface area contributed by atoms with Crippen LogP contribution >= 0.6 is 0 Å². The number of carbonyl (C=O) groups is 1. The van der Waals surface area contributed by atoms with Gasteiger partial charge in [-0.3, -0.25) is 14.9 Å². The number of amides is 1. The Bertz CT molecular complexity index is 535. The first-order chi connectivity index (χ1) is 9.65. The van der Waals surface area contributed by atoms with Gasteiger partial charge in [-0.15, -0.1) is 0 Å². The van der Waals surface area contributed by atoms with Crippen molar-refractivity contribution in [3.8, 4) is 0 Å². The third kappa shape index (κ3) is 4.82. The van der Waals surface area contributed by atoms with Crippen LogP contribution in [0.1, 0.15) is 31.9 Å². The molecule has 1 N–H and O–H groups in total. The van der Waals surface area contributed by atoms with Crippen molar-refractivity contribution in [3.63, 3.8) is 0 Å². The molecule has 0 saturated carbocycles. The van der Waals surface area contributed by atoms with Crippen LogP contribution < -0.4 is 0 Å². The van der Waals surface area contributed by atoms with Gasteiger partial charge in [0.25, 0.3) is 5.69 Å². The summed E-state index contributed by atoms with van der Waals surface area (Å²) in [5.41, 5.74) is 0.202. The van der Waals surface area contributed by atoms with E-state index in [1.54, 1.807) is 37.8 Å². The number of carbonyl (C=O) groups excluding carboxylic acids is 1. The minimum atomic E-state index is -0.969. The topological polar surface area (TPSA) is 83.7 Å². The molecule has 0 radical (unpaired) electrons. The van der Waals surface area contributed by atoms with Gasteiger partial charge in [0.2, 0.25) is 5.91 Å². The fraction of sp³-hybridized carbons (Fsp3) is 0.533. The molecule has 21 heavy (non-hydrogen) atoms. The Hall–Kier alpha value is -1.95. The van der Waals surface area contributed by atoms with E-state index in [4.69, 9.17) is 0 Å². The van der Waals surface area contributed by atoms with Gasteiger partial charge in [0.15, 0.2) is 0 Å². The summed E-state index contributed by atoms with van der Waals surface area (Å²) < 4.78 is 0. The van der Waals surface area contributed by atoms with Crippen LogP contribution in [0.25, 0.3) is 0 Å². The van der Waals surface area contributed by atoms with Crippen LogP contribution in [0.2, 0.25) is 0 Å². The van der Waals surface area contributed by atoms with E-state index in [9.17, 15) is 20.0 Å². The minimum absolute atomic E-state index is 0.0193. The van der Waals surface area contributed by atoms with Crippen molar-refractivity contribution in [3.05, 3.63) is 39.4 Å². The van der Waals surface area contributed by atoms with E-state index < -0.39 is 10.5 Å². The molecular weight excluding hydrogens is 272 g/mol. The molecule has 1 aromatic rings. The highest BCUT2D eigenvalue weighted by molar-refractivity contribution is 5.79. The number of benzene rings is 1. The number of likely N-dealkylation sites (N-methyl/N-ethyl adjacent to an activating group) is 1. The first-order valence-electron chi connectivity index (χ1n) is 6.88. The van der Waals surface area contributed by atoms with Crippen molar-refractivity contribution in [2.75, 3.05) is 13.1 Å². The van der Waals surface area contributed by atoms with Crippen LogP contribution in [0.4, 0.5) is 5.69 Å². The van der Waals surface area contributed by atoms with E-state index in [0.717, 1.165) is 0 Å². The maximum Gasteiger partial charge on any atom is 0.272 e. The van der Waals surface area contributed by atoms with Crippen molar-refractivity contribution in [2.24, 2.45) is 0 Å². The number of hydrogen-bond acceptors (Lipinski definition) is 4. The van der Waals surface area contributed by atoms with Crippen LogP contribution in [0, 0.1) is 17.0 Å². The maximum atomic E-state index is 12.3. The molecule has 1 aromatic carbocycles. The molecule has 0 spiro atoms. The van der Waals surface area contributed by atoms with Gasteiger partial charge >= 0.3 is 0 Å². The van der Waals surface area contributed by atoms with Crippen LogP contribution in [0.5, 0.6) is 0 Å². The molecule has 0 aromatic heterocycles. The molecule has 0 aliphatic rings. The van der Waals surface area contributed by atoms with Crippen molar-refractivity contribution in [1.82, 2.24) is 4.90 Å². The standard InChI is InChI=1S/C15H22N2O4/c1-5-16(10-15(3,4)19)14(18)9-12-7-6-8-13(11(12)2)17(20)21/h6-8,19H,5,9-10H2,1-4H3. The van der Waals surface area contributed by atoms with Gasteiger partial charge in [0, 0.05) is 24.7 Å². The van der Waals surface area contributed by atoms with Gasteiger partial charge in [0.1, 0.15) is 0 Å². The Kier molecular flexibility index (Phi) is 5.43. The number of nitrogens with zero attached hydrogens (tertiary/aromatic N) is 2. The van der Waals surface area contributed by atoms with Gasteiger partial charge in [-0.1, -0.05) is 12.1 Å². The summed E-state index contributed by atoms with van der Waals surface area (Å²) in [7, 11) is 0. The molecule has 0 saturated heterocycles. The van der Waals surface area contributed by atoms with E-state index in [1.165, 1.54) is 6.07 Å². The van der Waals surface area contributed by atoms with Gasteiger partial charge in [-0.05, 0) is 33.3 Å².